The van der Waals surface area contributed by atoms with E-state index in [4.69, 9.17) is 10.9 Å². The molecule has 8 heteroatoms. The SMILES string of the molecule is Nc1cnc(C(F)F)cc1S(N)(=O)=O. The van der Waals surface area contributed by atoms with Gasteiger partial charge in [0.25, 0.3) is 6.43 Å². The first-order valence-corrected chi connectivity index (χ1v) is 4.93. The smallest absolute Gasteiger partial charge is 0.280 e. The Labute approximate surface area is 78.8 Å². The second kappa shape index (κ2) is 3.46. The molecule has 0 saturated heterocycles. The van der Waals surface area contributed by atoms with Crippen molar-refractivity contribution in [1.29, 1.82) is 0 Å². The monoisotopic (exact) mass is 223 g/mol. The molecule has 14 heavy (non-hydrogen) atoms. The van der Waals surface area contributed by atoms with Crippen molar-refractivity contribution in [1.82, 2.24) is 4.98 Å². The molecule has 0 amide bonds. The molecule has 0 aliphatic carbocycles. The Morgan fingerprint density at radius 2 is 2.00 bits per heavy atom. The van der Waals surface area contributed by atoms with Gasteiger partial charge in [-0.1, -0.05) is 0 Å². The van der Waals surface area contributed by atoms with E-state index < -0.39 is 27.0 Å². The van der Waals surface area contributed by atoms with Gasteiger partial charge in [0.05, 0.1) is 11.9 Å². The molecule has 0 aliphatic heterocycles. The van der Waals surface area contributed by atoms with Gasteiger partial charge in [-0.3, -0.25) is 4.98 Å². The van der Waals surface area contributed by atoms with Crippen molar-refractivity contribution in [2.45, 2.75) is 11.3 Å². The zero-order valence-corrected chi connectivity index (χ0v) is 7.63. The molecule has 0 saturated carbocycles. The summed E-state index contributed by atoms with van der Waals surface area (Å²) < 4.78 is 46.0. The third-order valence-electron chi connectivity index (χ3n) is 1.45. The van der Waals surface area contributed by atoms with Crippen LogP contribution in [0.4, 0.5) is 14.5 Å². The highest BCUT2D eigenvalue weighted by Crippen LogP contribution is 2.22. The Balaban J connectivity index is 3.37. The fourth-order valence-electron chi connectivity index (χ4n) is 0.828. The summed E-state index contributed by atoms with van der Waals surface area (Å²) >= 11 is 0. The molecule has 0 aliphatic rings. The number of halogens is 2. The zero-order chi connectivity index (χ0) is 10.9. The molecule has 5 nitrogen and oxygen atoms in total. The molecule has 0 atom stereocenters. The van der Waals surface area contributed by atoms with E-state index in [1.165, 1.54) is 0 Å². The van der Waals surface area contributed by atoms with E-state index in [1.807, 2.05) is 0 Å². The number of sulfonamides is 1. The summed E-state index contributed by atoms with van der Waals surface area (Å²) in [5.74, 6) is 0. The van der Waals surface area contributed by atoms with Crippen LogP contribution in [0, 0.1) is 0 Å². The number of primary sulfonamides is 1. The molecular formula is C6H7F2N3O2S. The lowest BCUT2D eigenvalue weighted by Gasteiger charge is -2.04. The zero-order valence-electron chi connectivity index (χ0n) is 6.81. The van der Waals surface area contributed by atoms with Crippen LogP contribution in [0.2, 0.25) is 0 Å². The summed E-state index contributed by atoms with van der Waals surface area (Å²) in [5, 5.41) is 4.75. The highest BCUT2D eigenvalue weighted by Gasteiger charge is 2.17. The van der Waals surface area contributed by atoms with Crippen LogP contribution in [0.15, 0.2) is 17.2 Å². The quantitative estimate of drug-likeness (QED) is 0.750. The Morgan fingerprint density at radius 3 is 2.43 bits per heavy atom. The molecule has 0 spiro atoms. The van der Waals surface area contributed by atoms with Gasteiger partial charge in [0.2, 0.25) is 10.0 Å². The first-order chi connectivity index (χ1) is 6.32. The molecule has 78 valence electrons. The lowest BCUT2D eigenvalue weighted by Crippen LogP contribution is -2.15. The van der Waals surface area contributed by atoms with Gasteiger partial charge in [0, 0.05) is 0 Å². The van der Waals surface area contributed by atoms with E-state index >= 15 is 0 Å². The number of anilines is 1. The Bertz CT molecular complexity index is 446. The number of nitrogen functional groups attached to an aromatic ring is 1. The maximum atomic E-state index is 12.1. The average molecular weight is 223 g/mol. The minimum Gasteiger partial charge on any atom is -0.396 e. The van der Waals surface area contributed by atoms with E-state index in [9.17, 15) is 17.2 Å². The van der Waals surface area contributed by atoms with E-state index in [1.54, 1.807) is 0 Å². The lowest BCUT2D eigenvalue weighted by atomic mass is 10.3. The summed E-state index contributed by atoms with van der Waals surface area (Å²) in [6, 6.07) is 0.662. The molecule has 1 aromatic rings. The van der Waals surface area contributed by atoms with Crippen LogP contribution in [-0.4, -0.2) is 13.4 Å². The number of nitrogens with zero attached hydrogens (tertiary/aromatic N) is 1. The van der Waals surface area contributed by atoms with Crippen LogP contribution in [0.1, 0.15) is 12.1 Å². The van der Waals surface area contributed by atoms with Crippen LogP contribution in [0.25, 0.3) is 0 Å². The molecule has 0 aromatic carbocycles. The number of rotatable bonds is 2. The third-order valence-corrected chi connectivity index (χ3v) is 2.41. The molecule has 4 N–H and O–H groups in total. The lowest BCUT2D eigenvalue weighted by molar-refractivity contribution is 0.146. The first-order valence-electron chi connectivity index (χ1n) is 3.38. The van der Waals surface area contributed by atoms with E-state index in [-0.39, 0.29) is 5.69 Å². The van der Waals surface area contributed by atoms with Gasteiger partial charge in [0.15, 0.2) is 0 Å². The largest absolute Gasteiger partial charge is 0.396 e. The van der Waals surface area contributed by atoms with Gasteiger partial charge < -0.3 is 5.73 Å². The number of hydrogen-bond acceptors (Lipinski definition) is 4. The summed E-state index contributed by atoms with van der Waals surface area (Å²) in [6.45, 7) is 0. The van der Waals surface area contributed by atoms with Crippen molar-refractivity contribution in [3.8, 4) is 0 Å². The summed E-state index contributed by atoms with van der Waals surface area (Å²) in [4.78, 5) is 2.72. The van der Waals surface area contributed by atoms with E-state index in [0.29, 0.717) is 6.07 Å². The van der Waals surface area contributed by atoms with Gasteiger partial charge in [-0.15, -0.1) is 0 Å². The maximum Gasteiger partial charge on any atom is 0.280 e. The topological polar surface area (TPSA) is 99.1 Å². The van der Waals surface area contributed by atoms with Crippen molar-refractivity contribution in [3.63, 3.8) is 0 Å². The van der Waals surface area contributed by atoms with Crippen LogP contribution in [0.3, 0.4) is 0 Å². The second-order valence-electron chi connectivity index (χ2n) is 2.49. The molecule has 0 bridgehead atoms. The first kappa shape index (κ1) is 10.8. The fraction of sp³-hybridized carbons (Fsp3) is 0.167. The summed E-state index contributed by atoms with van der Waals surface area (Å²) in [6.07, 6.45) is -2.03. The summed E-state index contributed by atoms with van der Waals surface area (Å²) in [7, 11) is -4.09. The van der Waals surface area contributed by atoms with Crippen molar-refractivity contribution in [3.05, 3.63) is 18.0 Å². The highest BCUT2D eigenvalue weighted by atomic mass is 32.2. The van der Waals surface area contributed by atoms with Crippen LogP contribution in [-0.2, 0) is 10.0 Å². The molecule has 0 unspecified atom stereocenters. The van der Waals surface area contributed by atoms with Crippen molar-refractivity contribution < 1.29 is 17.2 Å². The fourth-order valence-corrected chi connectivity index (χ4v) is 1.49. The average Bonchev–Trinajstić information content (AvgIpc) is 2.02. The predicted octanol–water partition coefficient (Wildman–Crippen LogP) is 0.249. The minimum atomic E-state index is -4.09. The van der Waals surface area contributed by atoms with Crippen molar-refractivity contribution in [2.75, 3.05) is 5.73 Å². The van der Waals surface area contributed by atoms with Gasteiger partial charge >= 0.3 is 0 Å². The van der Waals surface area contributed by atoms with Gasteiger partial charge in [-0.25, -0.2) is 22.3 Å². The number of nitrogens with two attached hydrogens (primary N) is 2. The van der Waals surface area contributed by atoms with E-state index in [0.717, 1.165) is 6.20 Å². The van der Waals surface area contributed by atoms with Crippen LogP contribution in [0.5, 0.6) is 0 Å². The molecular weight excluding hydrogens is 216 g/mol. The Hall–Kier alpha value is -1.28. The second-order valence-corrected chi connectivity index (χ2v) is 4.02. The molecule has 1 aromatic heterocycles. The maximum absolute atomic E-state index is 12.1. The standard InChI is InChI=1S/C6H7F2N3O2S/c7-6(8)4-1-5(14(10,12)13)3(9)2-11-4/h1-2,6H,9H2,(H2,10,12,13). The molecule has 0 fully saturated rings. The van der Waals surface area contributed by atoms with E-state index in [2.05, 4.69) is 4.98 Å². The van der Waals surface area contributed by atoms with Crippen LogP contribution < -0.4 is 10.9 Å². The highest BCUT2D eigenvalue weighted by molar-refractivity contribution is 7.89. The van der Waals surface area contributed by atoms with Crippen LogP contribution >= 0.6 is 0 Å². The molecule has 0 radical (unpaired) electrons. The molecule has 1 rings (SSSR count). The predicted molar refractivity (Wildman–Crippen MR) is 45.0 cm³/mol. The number of pyridine rings is 1. The van der Waals surface area contributed by atoms with Crippen molar-refractivity contribution >= 4 is 15.7 Å². The Kier molecular flexibility index (Phi) is 2.67. The van der Waals surface area contributed by atoms with Gasteiger partial charge in [-0.05, 0) is 6.07 Å². The van der Waals surface area contributed by atoms with Gasteiger partial charge in [0.1, 0.15) is 10.6 Å². The molecule has 1 heterocycles. The number of alkyl halides is 2. The summed E-state index contributed by atoms with van der Waals surface area (Å²) in [5.41, 5.74) is 4.28. The van der Waals surface area contributed by atoms with Crippen molar-refractivity contribution in [2.24, 2.45) is 5.14 Å². The number of aromatic nitrogens is 1. The van der Waals surface area contributed by atoms with Gasteiger partial charge in [-0.2, -0.15) is 0 Å². The minimum absolute atomic E-state index is 0.253. The normalized spacial score (nSPS) is 12.0. The number of hydrogen-bond donors (Lipinski definition) is 2. The third kappa shape index (κ3) is 2.15. The Morgan fingerprint density at radius 1 is 1.43 bits per heavy atom.